The van der Waals surface area contributed by atoms with E-state index in [9.17, 15) is 9.59 Å². The Balaban J connectivity index is 2.97. The molecule has 0 fully saturated rings. The summed E-state index contributed by atoms with van der Waals surface area (Å²) >= 11 is 8.73. The van der Waals surface area contributed by atoms with Gasteiger partial charge in [0.05, 0.1) is 6.42 Å². The molecule has 0 aliphatic heterocycles. The molecule has 0 aromatic heterocycles. The molecule has 0 heterocycles. The van der Waals surface area contributed by atoms with E-state index in [1.807, 2.05) is 0 Å². The van der Waals surface area contributed by atoms with Crippen LogP contribution in [-0.2, 0) is 11.2 Å². The van der Waals surface area contributed by atoms with Gasteiger partial charge in [0, 0.05) is 22.3 Å². The molecule has 1 aromatic carbocycles. The lowest BCUT2D eigenvalue weighted by molar-refractivity contribution is -0.136. The van der Waals surface area contributed by atoms with Crippen LogP contribution < -0.4 is 0 Å². The van der Waals surface area contributed by atoms with E-state index in [0.717, 1.165) is 0 Å². The summed E-state index contributed by atoms with van der Waals surface area (Å²) < 4.78 is 0.698. The fraction of sp³-hybridized carbons (Fsp3) is 0.273. The normalized spacial score (nSPS) is 10.1. The van der Waals surface area contributed by atoms with E-state index in [0.29, 0.717) is 15.6 Å². The Labute approximate surface area is 107 Å². The Morgan fingerprint density at radius 3 is 2.56 bits per heavy atom. The summed E-state index contributed by atoms with van der Waals surface area (Å²) in [6.07, 6.45) is 0.158. The fourth-order valence-electron chi connectivity index (χ4n) is 1.32. The van der Waals surface area contributed by atoms with Crippen molar-refractivity contribution in [3.8, 4) is 0 Å². The van der Waals surface area contributed by atoms with Crippen molar-refractivity contribution in [2.45, 2.75) is 12.8 Å². The number of carboxylic acid groups (broad SMARTS) is 1. The molecular weight excluding hydrogens is 295 g/mol. The summed E-state index contributed by atoms with van der Waals surface area (Å²) in [4.78, 5) is 22.1. The number of benzene rings is 1. The molecule has 0 radical (unpaired) electrons. The summed E-state index contributed by atoms with van der Waals surface area (Å²) in [6, 6.07) is 4.94. The highest BCUT2D eigenvalue weighted by Crippen LogP contribution is 2.18. The molecule has 0 saturated carbocycles. The molecule has 1 N–H and O–H groups in total. The van der Waals surface area contributed by atoms with Crippen LogP contribution in [0.4, 0.5) is 0 Å². The van der Waals surface area contributed by atoms with Crippen LogP contribution in [0.25, 0.3) is 0 Å². The van der Waals surface area contributed by atoms with Crippen molar-refractivity contribution < 1.29 is 14.7 Å². The summed E-state index contributed by atoms with van der Waals surface area (Å²) in [5.41, 5.74) is 1.09. The monoisotopic (exact) mass is 304 g/mol. The first-order valence-electron chi connectivity index (χ1n) is 4.63. The highest BCUT2D eigenvalue weighted by atomic mass is 79.9. The van der Waals surface area contributed by atoms with Gasteiger partial charge in [-0.05, 0) is 23.8 Å². The lowest BCUT2D eigenvalue weighted by Crippen LogP contribution is -2.04. The summed E-state index contributed by atoms with van der Waals surface area (Å²) in [7, 11) is 0. The molecule has 3 nitrogen and oxygen atoms in total. The second kappa shape index (κ2) is 6.01. The van der Waals surface area contributed by atoms with Crippen molar-refractivity contribution in [3.05, 3.63) is 33.8 Å². The molecule has 86 valence electrons. The SMILES string of the molecule is O=C(O)Cc1cc(Br)cc(C(=O)CCCl)c1. The average Bonchev–Trinajstić information content (AvgIpc) is 2.15. The van der Waals surface area contributed by atoms with Gasteiger partial charge in [-0.2, -0.15) is 0 Å². The summed E-state index contributed by atoms with van der Waals surface area (Å²) in [5.74, 6) is -0.739. The highest BCUT2D eigenvalue weighted by molar-refractivity contribution is 9.10. The van der Waals surface area contributed by atoms with E-state index < -0.39 is 5.97 Å². The van der Waals surface area contributed by atoms with Crippen LogP contribution in [0.2, 0.25) is 0 Å². The smallest absolute Gasteiger partial charge is 0.307 e. The van der Waals surface area contributed by atoms with E-state index in [-0.39, 0.29) is 24.5 Å². The minimum absolute atomic E-state index is 0.0806. The minimum Gasteiger partial charge on any atom is -0.481 e. The molecule has 0 bridgehead atoms. The fourth-order valence-corrected chi connectivity index (χ4v) is 2.03. The molecule has 0 aliphatic carbocycles. The topological polar surface area (TPSA) is 54.4 Å². The van der Waals surface area contributed by atoms with E-state index in [4.69, 9.17) is 16.7 Å². The number of carbonyl (C=O) groups is 2. The number of halogens is 2. The minimum atomic E-state index is -0.922. The van der Waals surface area contributed by atoms with Crippen molar-refractivity contribution in [3.63, 3.8) is 0 Å². The summed E-state index contributed by atoms with van der Waals surface area (Å²) in [5, 5.41) is 8.67. The first kappa shape index (κ1) is 13.2. The average molecular weight is 306 g/mol. The maximum atomic E-state index is 11.6. The maximum Gasteiger partial charge on any atom is 0.307 e. The number of hydrogen-bond acceptors (Lipinski definition) is 2. The van der Waals surface area contributed by atoms with Gasteiger partial charge >= 0.3 is 5.97 Å². The van der Waals surface area contributed by atoms with Gasteiger partial charge in [-0.1, -0.05) is 15.9 Å². The lowest BCUT2D eigenvalue weighted by Gasteiger charge is -2.04. The first-order valence-corrected chi connectivity index (χ1v) is 5.96. The molecule has 0 amide bonds. The molecule has 16 heavy (non-hydrogen) atoms. The zero-order chi connectivity index (χ0) is 12.1. The molecular formula is C11H10BrClO3. The maximum absolute atomic E-state index is 11.6. The van der Waals surface area contributed by atoms with Crippen LogP contribution in [0.15, 0.2) is 22.7 Å². The highest BCUT2D eigenvalue weighted by Gasteiger charge is 2.09. The Morgan fingerprint density at radius 2 is 2.00 bits per heavy atom. The van der Waals surface area contributed by atoms with Gasteiger partial charge in [0.25, 0.3) is 0 Å². The predicted molar refractivity (Wildman–Crippen MR) is 65.1 cm³/mol. The van der Waals surface area contributed by atoms with Gasteiger partial charge < -0.3 is 5.11 Å². The molecule has 0 saturated heterocycles. The number of alkyl halides is 1. The van der Waals surface area contributed by atoms with E-state index in [1.54, 1.807) is 18.2 Å². The van der Waals surface area contributed by atoms with Gasteiger partial charge in [0.15, 0.2) is 5.78 Å². The van der Waals surface area contributed by atoms with Crippen LogP contribution in [0.5, 0.6) is 0 Å². The number of Topliss-reactive ketones (excluding diaryl/α,β-unsaturated/α-hetero) is 1. The van der Waals surface area contributed by atoms with Crippen molar-refractivity contribution in [2.24, 2.45) is 0 Å². The zero-order valence-corrected chi connectivity index (χ0v) is 10.7. The second-order valence-corrected chi connectivity index (χ2v) is 4.57. The molecule has 0 unspecified atom stereocenters. The molecule has 5 heteroatoms. The Morgan fingerprint density at radius 1 is 1.31 bits per heavy atom. The third kappa shape index (κ3) is 3.94. The van der Waals surface area contributed by atoms with Crippen LogP contribution in [-0.4, -0.2) is 22.7 Å². The van der Waals surface area contributed by atoms with E-state index >= 15 is 0 Å². The number of carbonyl (C=O) groups excluding carboxylic acids is 1. The number of rotatable bonds is 5. The predicted octanol–water partition coefficient (Wildman–Crippen LogP) is 2.89. The Bertz CT molecular complexity index is 418. The third-order valence-corrected chi connectivity index (χ3v) is 2.60. The molecule has 0 aliphatic rings. The van der Waals surface area contributed by atoms with Crippen LogP contribution >= 0.6 is 27.5 Å². The quantitative estimate of drug-likeness (QED) is 0.672. The molecule has 0 spiro atoms. The number of aliphatic carboxylic acids is 1. The Kier molecular flexibility index (Phi) is 4.96. The van der Waals surface area contributed by atoms with Gasteiger partial charge in [0.1, 0.15) is 0 Å². The van der Waals surface area contributed by atoms with Crippen molar-refractivity contribution in [2.75, 3.05) is 5.88 Å². The standard InChI is InChI=1S/C11H10BrClO3/c12-9-4-7(5-11(15)16)3-8(6-9)10(14)1-2-13/h3-4,6H,1-2,5H2,(H,15,16). The molecule has 0 atom stereocenters. The number of ketones is 1. The summed E-state index contributed by atoms with van der Waals surface area (Å²) in [6.45, 7) is 0. The van der Waals surface area contributed by atoms with Gasteiger partial charge in [-0.25, -0.2) is 0 Å². The van der Waals surface area contributed by atoms with Crippen molar-refractivity contribution >= 4 is 39.3 Å². The first-order chi connectivity index (χ1) is 7.52. The Hall–Kier alpha value is -0.870. The van der Waals surface area contributed by atoms with Crippen LogP contribution in [0.3, 0.4) is 0 Å². The molecule has 1 rings (SSSR count). The number of hydrogen-bond donors (Lipinski definition) is 1. The van der Waals surface area contributed by atoms with Gasteiger partial charge in [0.2, 0.25) is 0 Å². The van der Waals surface area contributed by atoms with Crippen LogP contribution in [0.1, 0.15) is 22.3 Å². The van der Waals surface area contributed by atoms with Gasteiger partial charge in [-0.15, -0.1) is 11.6 Å². The number of carboxylic acids is 1. The van der Waals surface area contributed by atoms with E-state index in [2.05, 4.69) is 15.9 Å². The molecule has 1 aromatic rings. The lowest BCUT2D eigenvalue weighted by atomic mass is 10.0. The van der Waals surface area contributed by atoms with Gasteiger partial charge in [-0.3, -0.25) is 9.59 Å². The third-order valence-electron chi connectivity index (χ3n) is 1.96. The van der Waals surface area contributed by atoms with Crippen molar-refractivity contribution in [1.29, 1.82) is 0 Å². The van der Waals surface area contributed by atoms with E-state index in [1.165, 1.54) is 0 Å². The zero-order valence-electron chi connectivity index (χ0n) is 8.37. The second-order valence-electron chi connectivity index (χ2n) is 3.28. The van der Waals surface area contributed by atoms with Crippen molar-refractivity contribution in [1.82, 2.24) is 0 Å². The largest absolute Gasteiger partial charge is 0.481 e. The van der Waals surface area contributed by atoms with Crippen LogP contribution in [0, 0.1) is 0 Å².